The second kappa shape index (κ2) is 5.53. The predicted molar refractivity (Wildman–Crippen MR) is 66.7 cm³/mol. The number of nitrogens with one attached hydrogen (secondary N) is 3. The number of carbonyl (C=O) groups is 1. The van der Waals surface area contributed by atoms with Gasteiger partial charge in [-0.25, -0.2) is 4.79 Å². The van der Waals surface area contributed by atoms with E-state index in [4.69, 9.17) is 4.74 Å². The van der Waals surface area contributed by atoms with Gasteiger partial charge in [-0.2, -0.15) is 5.10 Å². The van der Waals surface area contributed by atoms with Crippen LogP contribution in [0.3, 0.4) is 0 Å². The highest BCUT2D eigenvalue weighted by atomic mass is 16.5. The van der Waals surface area contributed by atoms with Crippen molar-refractivity contribution >= 4 is 5.91 Å². The molecule has 1 atom stereocenters. The number of aromatic amines is 2. The fourth-order valence-corrected chi connectivity index (χ4v) is 1.78. The van der Waals surface area contributed by atoms with Gasteiger partial charge in [-0.05, 0) is 6.07 Å². The van der Waals surface area contributed by atoms with Crippen LogP contribution < -0.4 is 11.0 Å². The number of nitrogens with zero attached hydrogens (tertiary/aromatic N) is 2. The maximum Gasteiger partial charge on any atom is 0.323 e. The topological polar surface area (TPSA) is 105 Å². The Kier molecular flexibility index (Phi) is 3.81. The normalized spacial score (nSPS) is 12.3. The van der Waals surface area contributed by atoms with Gasteiger partial charge in [0.2, 0.25) is 0 Å². The first-order valence-corrected chi connectivity index (χ1v) is 5.67. The standard InChI is InChI=1S/C11H15N5O3/c1-16-9(3-4-13-16)8(6-19-2)14-10(17)7-5-12-11(18)15-7/h3-5,8H,6H2,1-2H3,(H,14,17)(H2,12,15,18)/t8-/m1/s1. The Morgan fingerprint density at radius 1 is 1.63 bits per heavy atom. The number of aromatic nitrogens is 4. The van der Waals surface area contributed by atoms with Gasteiger partial charge in [-0.3, -0.25) is 9.48 Å². The number of carbonyl (C=O) groups excluding carboxylic acids is 1. The number of aryl methyl sites for hydroxylation is 1. The fourth-order valence-electron chi connectivity index (χ4n) is 1.78. The number of imidazole rings is 1. The average Bonchev–Trinajstić information content (AvgIpc) is 2.97. The zero-order valence-electron chi connectivity index (χ0n) is 10.6. The van der Waals surface area contributed by atoms with Gasteiger partial charge >= 0.3 is 5.69 Å². The molecule has 0 aliphatic rings. The maximum atomic E-state index is 12.0. The van der Waals surface area contributed by atoms with Crippen LogP contribution in [0.2, 0.25) is 0 Å². The highest BCUT2D eigenvalue weighted by Crippen LogP contribution is 2.12. The van der Waals surface area contributed by atoms with Crippen LogP contribution in [-0.4, -0.2) is 39.4 Å². The van der Waals surface area contributed by atoms with Crippen molar-refractivity contribution in [3.63, 3.8) is 0 Å². The van der Waals surface area contributed by atoms with Crippen LogP contribution in [0.4, 0.5) is 0 Å². The van der Waals surface area contributed by atoms with E-state index in [0.29, 0.717) is 6.61 Å². The van der Waals surface area contributed by atoms with Gasteiger partial charge in [-0.15, -0.1) is 0 Å². The summed E-state index contributed by atoms with van der Waals surface area (Å²) in [6.45, 7) is 0.305. The predicted octanol–water partition coefficient (Wildman–Crippen LogP) is -0.446. The molecule has 19 heavy (non-hydrogen) atoms. The van der Waals surface area contributed by atoms with Gasteiger partial charge in [0, 0.05) is 26.6 Å². The molecule has 0 bridgehead atoms. The zero-order chi connectivity index (χ0) is 13.8. The Labute approximate surface area is 108 Å². The first-order chi connectivity index (χ1) is 9.11. The number of hydrogen-bond donors (Lipinski definition) is 3. The minimum atomic E-state index is -0.422. The Hall–Kier alpha value is -2.35. The van der Waals surface area contributed by atoms with Crippen molar-refractivity contribution in [2.24, 2.45) is 7.05 Å². The molecule has 2 aromatic heterocycles. The quantitative estimate of drug-likeness (QED) is 0.681. The van der Waals surface area contributed by atoms with Crippen LogP contribution in [0, 0.1) is 0 Å². The van der Waals surface area contributed by atoms with Crippen LogP contribution in [-0.2, 0) is 11.8 Å². The number of amides is 1. The first kappa shape index (κ1) is 13.1. The van der Waals surface area contributed by atoms with E-state index in [0.717, 1.165) is 5.69 Å². The van der Waals surface area contributed by atoms with E-state index in [2.05, 4.69) is 20.4 Å². The molecule has 0 aliphatic heterocycles. The third kappa shape index (κ3) is 2.91. The van der Waals surface area contributed by atoms with Crippen LogP contribution in [0.25, 0.3) is 0 Å². The number of H-pyrrole nitrogens is 2. The molecule has 0 spiro atoms. The lowest BCUT2D eigenvalue weighted by Gasteiger charge is -2.17. The van der Waals surface area contributed by atoms with E-state index in [9.17, 15) is 9.59 Å². The molecular formula is C11H15N5O3. The second-order valence-corrected chi connectivity index (χ2v) is 4.02. The second-order valence-electron chi connectivity index (χ2n) is 4.02. The molecule has 2 rings (SSSR count). The van der Waals surface area contributed by atoms with Gasteiger partial charge in [0.05, 0.1) is 18.3 Å². The summed E-state index contributed by atoms with van der Waals surface area (Å²) in [5.41, 5.74) is 0.565. The lowest BCUT2D eigenvalue weighted by molar-refractivity contribution is 0.0887. The molecular weight excluding hydrogens is 250 g/mol. The monoisotopic (exact) mass is 265 g/mol. The third-order valence-corrected chi connectivity index (χ3v) is 2.69. The Balaban J connectivity index is 2.15. The number of ether oxygens (including phenoxy) is 1. The van der Waals surface area contributed by atoms with Crippen molar-refractivity contribution < 1.29 is 9.53 Å². The average molecular weight is 265 g/mol. The summed E-state index contributed by atoms with van der Waals surface area (Å²) in [6, 6.07) is 1.45. The Morgan fingerprint density at radius 3 is 2.95 bits per heavy atom. The van der Waals surface area contributed by atoms with Gasteiger partial charge in [0.1, 0.15) is 5.69 Å². The van der Waals surface area contributed by atoms with Crippen molar-refractivity contribution in [2.75, 3.05) is 13.7 Å². The SMILES string of the molecule is COC[C@@H](NC(=O)c1c[nH]c(=O)[nH]1)c1ccnn1C. The number of methoxy groups -OCH3 is 1. The minimum absolute atomic E-state index is 0.174. The third-order valence-electron chi connectivity index (χ3n) is 2.69. The summed E-state index contributed by atoms with van der Waals surface area (Å²) in [6.07, 6.45) is 2.97. The fraction of sp³-hybridized carbons (Fsp3) is 0.364. The smallest absolute Gasteiger partial charge is 0.323 e. The molecule has 0 saturated carbocycles. The van der Waals surface area contributed by atoms with Crippen molar-refractivity contribution in [2.45, 2.75) is 6.04 Å². The lowest BCUT2D eigenvalue weighted by atomic mass is 10.2. The van der Waals surface area contributed by atoms with Crippen LogP contribution in [0.15, 0.2) is 23.3 Å². The Bertz CT molecular complexity index is 612. The lowest BCUT2D eigenvalue weighted by Crippen LogP contribution is -2.33. The molecule has 0 radical (unpaired) electrons. The van der Waals surface area contributed by atoms with Crippen LogP contribution >= 0.6 is 0 Å². The largest absolute Gasteiger partial charge is 0.382 e. The molecule has 2 heterocycles. The summed E-state index contributed by atoms with van der Waals surface area (Å²) in [7, 11) is 3.33. The number of rotatable bonds is 5. The van der Waals surface area contributed by atoms with E-state index >= 15 is 0 Å². The molecule has 102 valence electrons. The van der Waals surface area contributed by atoms with E-state index in [1.807, 2.05) is 0 Å². The van der Waals surface area contributed by atoms with Gasteiger partial charge < -0.3 is 20.0 Å². The highest BCUT2D eigenvalue weighted by molar-refractivity contribution is 5.92. The molecule has 0 saturated heterocycles. The number of hydrogen-bond acceptors (Lipinski definition) is 4. The molecule has 8 heteroatoms. The Morgan fingerprint density at radius 2 is 2.42 bits per heavy atom. The summed E-state index contributed by atoms with van der Waals surface area (Å²) in [5.74, 6) is -0.387. The summed E-state index contributed by atoms with van der Waals surface area (Å²) in [4.78, 5) is 27.7. The van der Waals surface area contributed by atoms with Crippen molar-refractivity contribution in [1.29, 1.82) is 0 Å². The van der Waals surface area contributed by atoms with Gasteiger partial charge in [0.15, 0.2) is 0 Å². The van der Waals surface area contributed by atoms with E-state index in [1.165, 1.54) is 6.20 Å². The summed E-state index contributed by atoms with van der Waals surface area (Å²) >= 11 is 0. The van der Waals surface area contributed by atoms with Crippen molar-refractivity contribution in [3.8, 4) is 0 Å². The summed E-state index contributed by atoms with van der Waals surface area (Å²) < 4.78 is 6.75. The van der Waals surface area contributed by atoms with E-state index in [-0.39, 0.29) is 17.6 Å². The summed E-state index contributed by atoms with van der Waals surface area (Å²) in [5, 5.41) is 6.83. The first-order valence-electron chi connectivity index (χ1n) is 5.67. The molecule has 2 aromatic rings. The van der Waals surface area contributed by atoms with Crippen molar-refractivity contribution in [1.82, 2.24) is 25.1 Å². The molecule has 3 N–H and O–H groups in total. The molecule has 0 aromatic carbocycles. The van der Waals surface area contributed by atoms with Crippen LogP contribution in [0.1, 0.15) is 22.2 Å². The van der Waals surface area contributed by atoms with Crippen molar-refractivity contribution in [3.05, 3.63) is 40.3 Å². The maximum absolute atomic E-state index is 12.0. The van der Waals surface area contributed by atoms with E-state index in [1.54, 1.807) is 31.1 Å². The van der Waals surface area contributed by atoms with Gasteiger partial charge in [0.25, 0.3) is 5.91 Å². The zero-order valence-corrected chi connectivity index (χ0v) is 10.6. The van der Waals surface area contributed by atoms with Crippen LogP contribution in [0.5, 0.6) is 0 Å². The highest BCUT2D eigenvalue weighted by Gasteiger charge is 2.19. The molecule has 1 amide bonds. The molecule has 0 fully saturated rings. The molecule has 8 nitrogen and oxygen atoms in total. The van der Waals surface area contributed by atoms with Gasteiger partial charge in [-0.1, -0.05) is 0 Å². The van der Waals surface area contributed by atoms with E-state index < -0.39 is 5.69 Å². The molecule has 0 aliphatic carbocycles. The minimum Gasteiger partial charge on any atom is -0.382 e. The molecule has 0 unspecified atom stereocenters.